The van der Waals surface area contributed by atoms with Crippen LogP contribution in [0.15, 0.2) is 30.3 Å². The highest BCUT2D eigenvalue weighted by atomic mass is 35.5. The van der Waals surface area contributed by atoms with Gasteiger partial charge in [-0.1, -0.05) is 30.3 Å². The van der Waals surface area contributed by atoms with E-state index in [0.29, 0.717) is 0 Å². The summed E-state index contributed by atoms with van der Waals surface area (Å²) in [5.41, 5.74) is 1.37. The van der Waals surface area contributed by atoms with Crippen LogP contribution < -0.4 is 5.32 Å². The molecule has 0 aromatic heterocycles. The number of halogens is 2. The first-order chi connectivity index (χ1) is 7.45. The zero-order chi connectivity index (χ0) is 10.3. The van der Waals surface area contributed by atoms with E-state index >= 15 is 0 Å². The maximum Gasteiger partial charge on any atom is 0.0206 e. The van der Waals surface area contributed by atoms with Crippen molar-refractivity contribution in [3.63, 3.8) is 0 Å². The van der Waals surface area contributed by atoms with Crippen molar-refractivity contribution in [3.05, 3.63) is 35.9 Å². The SMILES string of the molecule is Cl.Cl.c1ccc(CNCCN2CCCC2)cc1. The van der Waals surface area contributed by atoms with Crippen molar-refractivity contribution in [2.45, 2.75) is 19.4 Å². The van der Waals surface area contributed by atoms with Crippen LogP contribution in [-0.4, -0.2) is 31.1 Å². The fraction of sp³-hybridized carbons (Fsp3) is 0.538. The lowest BCUT2D eigenvalue weighted by molar-refractivity contribution is 0.335. The van der Waals surface area contributed by atoms with Gasteiger partial charge in [-0.25, -0.2) is 0 Å². The van der Waals surface area contributed by atoms with Crippen LogP contribution in [0.25, 0.3) is 0 Å². The Hall–Kier alpha value is -0.280. The number of rotatable bonds is 5. The second-order valence-corrected chi connectivity index (χ2v) is 4.21. The third kappa shape index (κ3) is 6.27. The Labute approximate surface area is 117 Å². The largest absolute Gasteiger partial charge is 0.311 e. The van der Waals surface area contributed by atoms with E-state index in [1.807, 2.05) is 0 Å². The standard InChI is InChI=1S/C13H20N2.2ClH/c1-2-6-13(7-3-1)12-14-8-11-15-9-4-5-10-15;;/h1-3,6-7,14H,4-5,8-12H2;2*1H. The van der Waals surface area contributed by atoms with Gasteiger partial charge in [-0.05, 0) is 31.5 Å². The van der Waals surface area contributed by atoms with Crippen molar-refractivity contribution in [3.8, 4) is 0 Å². The monoisotopic (exact) mass is 276 g/mol. The Bertz CT molecular complexity index is 274. The van der Waals surface area contributed by atoms with Gasteiger partial charge in [0.1, 0.15) is 0 Å². The van der Waals surface area contributed by atoms with Crippen LogP contribution in [0.1, 0.15) is 18.4 Å². The second-order valence-electron chi connectivity index (χ2n) is 4.21. The predicted octanol–water partition coefficient (Wildman–Crippen LogP) is 2.72. The van der Waals surface area contributed by atoms with Crippen molar-refractivity contribution >= 4 is 24.8 Å². The molecule has 1 aromatic rings. The van der Waals surface area contributed by atoms with Crippen molar-refractivity contribution < 1.29 is 0 Å². The molecule has 2 nitrogen and oxygen atoms in total. The highest BCUT2D eigenvalue weighted by Crippen LogP contribution is 2.05. The Morgan fingerprint density at radius 3 is 2.29 bits per heavy atom. The molecule has 1 saturated heterocycles. The second kappa shape index (κ2) is 9.72. The van der Waals surface area contributed by atoms with Gasteiger partial charge in [0.05, 0.1) is 0 Å². The number of hydrogen-bond donors (Lipinski definition) is 1. The van der Waals surface area contributed by atoms with Crippen LogP contribution in [0, 0.1) is 0 Å². The zero-order valence-corrected chi connectivity index (χ0v) is 11.7. The van der Waals surface area contributed by atoms with Gasteiger partial charge in [0.2, 0.25) is 0 Å². The molecular weight excluding hydrogens is 255 g/mol. The summed E-state index contributed by atoms with van der Waals surface area (Å²) in [4.78, 5) is 2.54. The van der Waals surface area contributed by atoms with Crippen molar-refractivity contribution in [2.75, 3.05) is 26.2 Å². The van der Waals surface area contributed by atoms with Crippen LogP contribution in [0.2, 0.25) is 0 Å². The van der Waals surface area contributed by atoms with E-state index in [0.717, 1.165) is 13.1 Å². The maximum absolute atomic E-state index is 3.49. The number of nitrogens with one attached hydrogen (secondary N) is 1. The molecule has 98 valence electrons. The minimum Gasteiger partial charge on any atom is -0.311 e. The molecule has 1 fully saturated rings. The first-order valence-corrected chi connectivity index (χ1v) is 5.92. The molecule has 1 N–H and O–H groups in total. The minimum atomic E-state index is 0. The molecule has 0 atom stereocenters. The fourth-order valence-electron chi connectivity index (χ4n) is 2.07. The number of hydrogen-bond acceptors (Lipinski definition) is 2. The Kier molecular flexibility index (Phi) is 9.56. The van der Waals surface area contributed by atoms with Crippen LogP contribution >= 0.6 is 24.8 Å². The van der Waals surface area contributed by atoms with Gasteiger partial charge in [0, 0.05) is 19.6 Å². The van der Waals surface area contributed by atoms with E-state index < -0.39 is 0 Å². The third-order valence-corrected chi connectivity index (χ3v) is 2.98. The van der Waals surface area contributed by atoms with Crippen LogP contribution in [-0.2, 0) is 6.54 Å². The summed E-state index contributed by atoms with van der Waals surface area (Å²) in [5, 5.41) is 3.49. The summed E-state index contributed by atoms with van der Waals surface area (Å²) in [5.74, 6) is 0. The topological polar surface area (TPSA) is 15.3 Å². The molecule has 0 unspecified atom stereocenters. The average Bonchev–Trinajstić information content (AvgIpc) is 2.79. The molecular formula is C13H22Cl2N2. The highest BCUT2D eigenvalue weighted by molar-refractivity contribution is 5.85. The molecule has 0 bridgehead atoms. The molecule has 0 aliphatic carbocycles. The Morgan fingerprint density at radius 1 is 1.00 bits per heavy atom. The molecule has 0 saturated carbocycles. The van der Waals surface area contributed by atoms with Crippen molar-refractivity contribution in [1.82, 2.24) is 10.2 Å². The minimum absolute atomic E-state index is 0. The van der Waals surface area contributed by atoms with Crippen LogP contribution in [0.5, 0.6) is 0 Å². The third-order valence-electron chi connectivity index (χ3n) is 2.98. The first kappa shape index (κ1) is 16.7. The summed E-state index contributed by atoms with van der Waals surface area (Å²) in [6, 6.07) is 10.6. The van der Waals surface area contributed by atoms with E-state index in [2.05, 4.69) is 40.5 Å². The van der Waals surface area contributed by atoms with Gasteiger partial charge in [0.25, 0.3) is 0 Å². The van der Waals surface area contributed by atoms with Gasteiger partial charge >= 0.3 is 0 Å². The zero-order valence-electron chi connectivity index (χ0n) is 10.1. The lowest BCUT2D eigenvalue weighted by atomic mass is 10.2. The number of benzene rings is 1. The first-order valence-electron chi connectivity index (χ1n) is 5.92. The average molecular weight is 277 g/mol. The van der Waals surface area contributed by atoms with Gasteiger partial charge < -0.3 is 10.2 Å². The molecule has 1 heterocycles. The van der Waals surface area contributed by atoms with Crippen molar-refractivity contribution in [1.29, 1.82) is 0 Å². The summed E-state index contributed by atoms with van der Waals surface area (Å²) >= 11 is 0. The highest BCUT2D eigenvalue weighted by Gasteiger charge is 2.09. The molecule has 2 rings (SSSR count). The lowest BCUT2D eigenvalue weighted by Gasteiger charge is -2.14. The van der Waals surface area contributed by atoms with E-state index in [-0.39, 0.29) is 24.8 Å². The number of nitrogens with zero attached hydrogens (tertiary/aromatic N) is 1. The van der Waals surface area contributed by atoms with Gasteiger partial charge in [-0.2, -0.15) is 0 Å². The van der Waals surface area contributed by atoms with E-state index in [1.165, 1.54) is 38.0 Å². The summed E-state index contributed by atoms with van der Waals surface area (Å²) in [6.45, 7) is 5.90. The van der Waals surface area contributed by atoms with Gasteiger partial charge in [-0.15, -0.1) is 24.8 Å². The Morgan fingerprint density at radius 2 is 1.65 bits per heavy atom. The summed E-state index contributed by atoms with van der Waals surface area (Å²) in [6.07, 6.45) is 2.78. The fourth-order valence-corrected chi connectivity index (χ4v) is 2.07. The Balaban J connectivity index is 0.00000128. The van der Waals surface area contributed by atoms with E-state index in [9.17, 15) is 0 Å². The molecule has 17 heavy (non-hydrogen) atoms. The summed E-state index contributed by atoms with van der Waals surface area (Å²) in [7, 11) is 0. The predicted molar refractivity (Wildman–Crippen MR) is 78.3 cm³/mol. The quantitative estimate of drug-likeness (QED) is 0.832. The van der Waals surface area contributed by atoms with Crippen LogP contribution in [0.3, 0.4) is 0 Å². The summed E-state index contributed by atoms with van der Waals surface area (Å²) < 4.78 is 0. The molecule has 0 radical (unpaired) electrons. The lowest BCUT2D eigenvalue weighted by Crippen LogP contribution is -2.29. The number of likely N-dealkylation sites (tertiary alicyclic amines) is 1. The molecule has 0 spiro atoms. The van der Waals surface area contributed by atoms with Crippen molar-refractivity contribution in [2.24, 2.45) is 0 Å². The molecule has 0 amide bonds. The van der Waals surface area contributed by atoms with Gasteiger partial charge in [0.15, 0.2) is 0 Å². The van der Waals surface area contributed by atoms with Crippen LogP contribution in [0.4, 0.5) is 0 Å². The smallest absolute Gasteiger partial charge is 0.0206 e. The maximum atomic E-state index is 3.49. The molecule has 1 aliphatic rings. The molecule has 1 aliphatic heterocycles. The normalized spacial score (nSPS) is 15.1. The van der Waals surface area contributed by atoms with E-state index in [4.69, 9.17) is 0 Å². The van der Waals surface area contributed by atoms with Gasteiger partial charge in [-0.3, -0.25) is 0 Å². The molecule has 4 heteroatoms. The van der Waals surface area contributed by atoms with E-state index in [1.54, 1.807) is 0 Å². The molecule has 1 aromatic carbocycles.